The van der Waals surface area contributed by atoms with Gasteiger partial charge < -0.3 is 10.1 Å². The van der Waals surface area contributed by atoms with Gasteiger partial charge in [-0.15, -0.1) is 0 Å². The van der Waals surface area contributed by atoms with Gasteiger partial charge in [-0.3, -0.25) is 4.79 Å². The Morgan fingerprint density at radius 3 is 2.44 bits per heavy atom. The Labute approximate surface area is 148 Å². The molecule has 4 nitrogen and oxygen atoms in total. The zero-order valence-corrected chi connectivity index (χ0v) is 14.5. The van der Waals surface area contributed by atoms with Gasteiger partial charge in [0.1, 0.15) is 0 Å². The van der Waals surface area contributed by atoms with E-state index in [2.05, 4.69) is 5.32 Å². The van der Waals surface area contributed by atoms with Crippen LogP contribution < -0.4 is 5.32 Å². The fourth-order valence-electron chi connectivity index (χ4n) is 2.10. The number of amides is 1. The Morgan fingerprint density at radius 2 is 1.80 bits per heavy atom. The van der Waals surface area contributed by atoms with Crippen molar-refractivity contribution in [1.82, 2.24) is 0 Å². The first kappa shape index (κ1) is 18.9. The van der Waals surface area contributed by atoms with E-state index in [0.717, 1.165) is 11.1 Å². The zero-order valence-electron chi connectivity index (χ0n) is 13.7. The van der Waals surface area contributed by atoms with E-state index in [1.165, 1.54) is 24.3 Å². The topological polar surface area (TPSA) is 55.4 Å². The Kier molecular flexibility index (Phi) is 6.52. The van der Waals surface area contributed by atoms with E-state index in [4.69, 9.17) is 4.74 Å². The molecule has 2 aromatic carbocycles. The SMILES string of the molecule is Cc1cccc(C(=O)OCC(=O)Nc2ccc(SC(F)F)cc2)c1C. The largest absolute Gasteiger partial charge is 0.452 e. The van der Waals surface area contributed by atoms with E-state index in [1.807, 2.05) is 19.9 Å². The minimum Gasteiger partial charge on any atom is -0.452 e. The molecule has 132 valence electrons. The van der Waals surface area contributed by atoms with Gasteiger partial charge in [0.25, 0.3) is 11.7 Å². The molecule has 0 radical (unpaired) electrons. The van der Waals surface area contributed by atoms with E-state index in [0.29, 0.717) is 27.9 Å². The number of halogens is 2. The summed E-state index contributed by atoms with van der Waals surface area (Å²) in [6, 6.07) is 11.3. The summed E-state index contributed by atoms with van der Waals surface area (Å²) in [5.74, 6) is -3.57. The van der Waals surface area contributed by atoms with Crippen LogP contribution in [0.15, 0.2) is 47.4 Å². The highest BCUT2D eigenvalue weighted by Gasteiger charge is 2.13. The van der Waals surface area contributed by atoms with Crippen LogP contribution in [0.4, 0.5) is 14.5 Å². The van der Waals surface area contributed by atoms with Crippen molar-refractivity contribution < 1.29 is 23.1 Å². The van der Waals surface area contributed by atoms with Gasteiger partial charge in [0.05, 0.1) is 5.56 Å². The number of rotatable bonds is 6. The second-order valence-electron chi connectivity index (χ2n) is 5.27. The molecule has 0 saturated carbocycles. The molecule has 0 aliphatic heterocycles. The maximum absolute atomic E-state index is 12.2. The maximum Gasteiger partial charge on any atom is 0.338 e. The standard InChI is InChI=1S/C18H17F2NO3S/c1-11-4-3-5-15(12(11)2)17(23)24-10-16(22)21-13-6-8-14(9-7-13)25-18(19)20/h3-9,18H,10H2,1-2H3,(H,21,22). The highest BCUT2D eigenvalue weighted by atomic mass is 32.2. The molecule has 0 aliphatic carbocycles. The first-order valence-electron chi connectivity index (χ1n) is 7.45. The number of alkyl halides is 2. The molecule has 0 fully saturated rings. The van der Waals surface area contributed by atoms with E-state index >= 15 is 0 Å². The van der Waals surface area contributed by atoms with Crippen LogP contribution in [-0.4, -0.2) is 24.2 Å². The van der Waals surface area contributed by atoms with Gasteiger partial charge in [-0.05, 0) is 55.3 Å². The fourth-order valence-corrected chi connectivity index (χ4v) is 2.60. The van der Waals surface area contributed by atoms with E-state index in [-0.39, 0.29) is 0 Å². The number of esters is 1. The smallest absolute Gasteiger partial charge is 0.338 e. The van der Waals surface area contributed by atoms with Crippen molar-refractivity contribution >= 4 is 29.3 Å². The Balaban J connectivity index is 1.88. The van der Waals surface area contributed by atoms with Crippen LogP contribution in [0.5, 0.6) is 0 Å². The molecule has 0 unspecified atom stereocenters. The third kappa shape index (κ3) is 5.56. The number of benzene rings is 2. The molecule has 0 saturated heterocycles. The summed E-state index contributed by atoms with van der Waals surface area (Å²) < 4.78 is 29.5. The second-order valence-corrected chi connectivity index (χ2v) is 6.34. The number of anilines is 1. The molecule has 0 bridgehead atoms. The van der Waals surface area contributed by atoms with Gasteiger partial charge >= 0.3 is 5.97 Å². The number of aryl methyl sites for hydroxylation is 1. The van der Waals surface area contributed by atoms with Gasteiger partial charge in [0.15, 0.2) is 6.61 Å². The van der Waals surface area contributed by atoms with E-state index in [9.17, 15) is 18.4 Å². The minimum absolute atomic E-state index is 0.398. The normalized spacial score (nSPS) is 10.6. The maximum atomic E-state index is 12.2. The van der Waals surface area contributed by atoms with Crippen molar-refractivity contribution in [2.45, 2.75) is 24.5 Å². The summed E-state index contributed by atoms with van der Waals surface area (Å²) in [4.78, 5) is 24.3. The van der Waals surface area contributed by atoms with Crippen molar-refractivity contribution in [3.8, 4) is 0 Å². The second kappa shape index (κ2) is 8.62. The number of nitrogens with one attached hydrogen (secondary N) is 1. The molecule has 0 spiro atoms. The van der Waals surface area contributed by atoms with E-state index in [1.54, 1.807) is 12.1 Å². The molecule has 2 rings (SSSR count). The van der Waals surface area contributed by atoms with Crippen molar-refractivity contribution in [2.24, 2.45) is 0 Å². The molecule has 0 aliphatic rings. The van der Waals surface area contributed by atoms with Crippen molar-refractivity contribution in [2.75, 3.05) is 11.9 Å². The predicted molar refractivity (Wildman–Crippen MR) is 93.1 cm³/mol. The monoisotopic (exact) mass is 365 g/mol. The number of carbonyl (C=O) groups excluding carboxylic acids is 2. The number of thioether (sulfide) groups is 1. The summed E-state index contributed by atoms with van der Waals surface area (Å²) in [5.41, 5.74) is 2.62. The number of hydrogen-bond acceptors (Lipinski definition) is 4. The highest BCUT2D eigenvalue weighted by molar-refractivity contribution is 7.99. The lowest BCUT2D eigenvalue weighted by atomic mass is 10.0. The van der Waals surface area contributed by atoms with Crippen LogP contribution in [0.3, 0.4) is 0 Å². The lowest BCUT2D eigenvalue weighted by Crippen LogP contribution is -2.21. The van der Waals surface area contributed by atoms with Gasteiger partial charge in [-0.1, -0.05) is 23.9 Å². The molecule has 7 heteroatoms. The zero-order chi connectivity index (χ0) is 18.4. The first-order chi connectivity index (χ1) is 11.9. The average Bonchev–Trinajstić information content (AvgIpc) is 2.56. The molecule has 25 heavy (non-hydrogen) atoms. The third-order valence-electron chi connectivity index (χ3n) is 3.52. The van der Waals surface area contributed by atoms with Crippen LogP contribution in [0, 0.1) is 13.8 Å². The number of carbonyl (C=O) groups is 2. The molecule has 1 amide bonds. The number of hydrogen-bond donors (Lipinski definition) is 1. The summed E-state index contributed by atoms with van der Waals surface area (Å²) in [6.07, 6.45) is 0. The van der Waals surface area contributed by atoms with Crippen molar-refractivity contribution in [3.63, 3.8) is 0 Å². The highest BCUT2D eigenvalue weighted by Crippen LogP contribution is 2.26. The van der Waals surface area contributed by atoms with Crippen LogP contribution in [-0.2, 0) is 9.53 Å². The van der Waals surface area contributed by atoms with Crippen LogP contribution >= 0.6 is 11.8 Å². The molecule has 1 N–H and O–H groups in total. The Hall–Kier alpha value is -2.41. The predicted octanol–water partition coefficient (Wildman–Crippen LogP) is 4.41. The van der Waals surface area contributed by atoms with Gasteiger partial charge in [-0.2, -0.15) is 8.78 Å². The van der Waals surface area contributed by atoms with Crippen LogP contribution in [0.25, 0.3) is 0 Å². The summed E-state index contributed by atoms with van der Waals surface area (Å²) in [7, 11) is 0. The molecular formula is C18H17F2NO3S. The molecular weight excluding hydrogens is 348 g/mol. The lowest BCUT2D eigenvalue weighted by Gasteiger charge is -2.09. The van der Waals surface area contributed by atoms with Gasteiger partial charge in [0.2, 0.25) is 0 Å². The molecule has 0 aromatic heterocycles. The van der Waals surface area contributed by atoms with E-state index < -0.39 is 24.2 Å². The summed E-state index contributed by atoms with van der Waals surface area (Å²) in [6.45, 7) is 3.26. The van der Waals surface area contributed by atoms with Crippen LogP contribution in [0.1, 0.15) is 21.5 Å². The quantitative estimate of drug-likeness (QED) is 0.608. The first-order valence-corrected chi connectivity index (χ1v) is 8.33. The van der Waals surface area contributed by atoms with Crippen LogP contribution in [0.2, 0.25) is 0 Å². The minimum atomic E-state index is -2.50. The Morgan fingerprint density at radius 1 is 1.12 bits per heavy atom. The molecule has 2 aromatic rings. The molecule has 0 atom stereocenters. The van der Waals surface area contributed by atoms with Gasteiger partial charge in [0, 0.05) is 10.6 Å². The third-order valence-corrected chi connectivity index (χ3v) is 4.24. The average molecular weight is 365 g/mol. The van der Waals surface area contributed by atoms with Gasteiger partial charge in [-0.25, -0.2) is 4.79 Å². The fraction of sp³-hybridized carbons (Fsp3) is 0.222. The molecule has 0 heterocycles. The number of ether oxygens (including phenoxy) is 1. The summed E-state index contributed by atoms with van der Waals surface area (Å²) >= 11 is 0.425. The van der Waals surface area contributed by atoms with Crippen molar-refractivity contribution in [3.05, 3.63) is 59.2 Å². The Bertz CT molecular complexity index is 763. The van der Waals surface area contributed by atoms with Crippen molar-refractivity contribution in [1.29, 1.82) is 0 Å². The lowest BCUT2D eigenvalue weighted by molar-refractivity contribution is -0.119. The summed E-state index contributed by atoms with van der Waals surface area (Å²) in [5, 5.41) is 2.54.